The van der Waals surface area contributed by atoms with Crippen LogP contribution in [0.4, 0.5) is 11.8 Å². The molecule has 1 unspecified atom stereocenters. The number of aromatic amines is 1. The number of rotatable bonds is 4. The van der Waals surface area contributed by atoms with Crippen LogP contribution in [0.2, 0.25) is 0 Å². The number of hydrogen-bond donors (Lipinski definition) is 3. The van der Waals surface area contributed by atoms with Crippen molar-refractivity contribution in [2.75, 3.05) is 49.5 Å². The van der Waals surface area contributed by atoms with Gasteiger partial charge in [-0.3, -0.25) is 19.5 Å². The van der Waals surface area contributed by atoms with Gasteiger partial charge < -0.3 is 15.3 Å². The van der Waals surface area contributed by atoms with Gasteiger partial charge >= 0.3 is 0 Å². The van der Waals surface area contributed by atoms with Gasteiger partial charge in [-0.25, -0.2) is 0 Å². The Labute approximate surface area is 163 Å². The van der Waals surface area contributed by atoms with Gasteiger partial charge in [0.1, 0.15) is 5.82 Å². The summed E-state index contributed by atoms with van der Waals surface area (Å²) in [5.41, 5.74) is 2.36. The first kappa shape index (κ1) is 18.6. The maximum Gasteiger partial charge on any atom is 0.258 e. The first-order valence-corrected chi connectivity index (χ1v) is 9.64. The molecule has 0 bridgehead atoms. The van der Waals surface area contributed by atoms with E-state index in [1.807, 2.05) is 36.1 Å². The molecule has 2 aliphatic heterocycles. The Morgan fingerprint density at radius 1 is 1.18 bits per heavy atom. The van der Waals surface area contributed by atoms with Crippen LogP contribution < -0.4 is 15.8 Å². The SMILES string of the molecule is Cc1ccccc1C1CC(=O)Nc2nc(N3CCN(CCO)CC3)[nH]c(=O)c21. The van der Waals surface area contributed by atoms with Crippen LogP contribution >= 0.6 is 0 Å². The van der Waals surface area contributed by atoms with Crippen LogP contribution in [0.15, 0.2) is 29.1 Å². The van der Waals surface area contributed by atoms with Gasteiger partial charge in [-0.1, -0.05) is 24.3 Å². The highest BCUT2D eigenvalue weighted by molar-refractivity contribution is 5.94. The molecule has 1 aromatic heterocycles. The van der Waals surface area contributed by atoms with Gasteiger partial charge in [0.15, 0.2) is 0 Å². The zero-order valence-electron chi connectivity index (χ0n) is 15.9. The molecule has 1 amide bonds. The summed E-state index contributed by atoms with van der Waals surface area (Å²) in [6.07, 6.45) is 0.238. The number of aliphatic hydroxyl groups excluding tert-OH is 1. The van der Waals surface area contributed by atoms with Gasteiger partial charge in [0.25, 0.3) is 5.56 Å². The summed E-state index contributed by atoms with van der Waals surface area (Å²) in [4.78, 5) is 37.0. The fourth-order valence-corrected chi connectivity index (χ4v) is 4.08. The van der Waals surface area contributed by atoms with Crippen molar-refractivity contribution in [3.8, 4) is 0 Å². The Hall–Kier alpha value is -2.71. The minimum atomic E-state index is -0.295. The molecule has 8 nitrogen and oxygen atoms in total. The Morgan fingerprint density at radius 3 is 2.64 bits per heavy atom. The zero-order chi connectivity index (χ0) is 19.7. The number of hydrogen-bond acceptors (Lipinski definition) is 6. The number of nitrogens with one attached hydrogen (secondary N) is 2. The summed E-state index contributed by atoms with van der Waals surface area (Å²) < 4.78 is 0. The second-order valence-corrected chi connectivity index (χ2v) is 7.37. The fraction of sp³-hybridized carbons (Fsp3) is 0.450. The number of aliphatic hydroxyl groups is 1. The van der Waals surface area contributed by atoms with E-state index in [0.717, 1.165) is 24.2 Å². The third kappa shape index (κ3) is 3.53. The lowest BCUT2D eigenvalue weighted by molar-refractivity contribution is -0.116. The molecule has 1 atom stereocenters. The Balaban J connectivity index is 1.66. The number of aromatic nitrogens is 2. The molecule has 8 heteroatoms. The van der Waals surface area contributed by atoms with Crippen molar-refractivity contribution in [3.05, 3.63) is 51.3 Å². The highest BCUT2D eigenvalue weighted by Crippen LogP contribution is 2.35. The average Bonchev–Trinajstić information content (AvgIpc) is 2.68. The zero-order valence-corrected chi connectivity index (χ0v) is 15.9. The number of carbonyl (C=O) groups is 1. The predicted molar refractivity (Wildman–Crippen MR) is 107 cm³/mol. The Bertz CT molecular complexity index is 934. The quantitative estimate of drug-likeness (QED) is 0.717. The monoisotopic (exact) mass is 383 g/mol. The van der Waals surface area contributed by atoms with Gasteiger partial charge in [-0.15, -0.1) is 0 Å². The maximum absolute atomic E-state index is 13.0. The van der Waals surface area contributed by atoms with Gasteiger partial charge in [-0.2, -0.15) is 4.98 Å². The Kier molecular flexibility index (Phi) is 5.15. The van der Waals surface area contributed by atoms with E-state index in [9.17, 15) is 9.59 Å². The fourth-order valence-electron chi connectivity index (χ4n) is 4.08. The van der Waals surface area contributed by atoms with Crippen LogP contribution in [0.5, 0.6) is 0 Å². The Morgan fingerprint density at radius 2 is 1.93 bits per heavy atom. The molecule has 4 rings (SSSR count). The molecule has 0 radical (unpaired) electrons. The number of aryl methyl sites for hydroxylation is 1. The number of benzene rings is 1. The third-order valence-corrected chi connectivity index (χ3v) is 5.59. The number of β-amino-alcohol motifs (C(OH)–C–C–N with tert-alkyl or cyclic N) is 1. The number of fused-ring (bicyclic) bond motifs is 1. The molecule has 0 saturated carbocycles. The molecular weight excluding hydrogens is 358 g/mol. The van der Waals surface area contributed by atoms with E-state index in [4.69, 9.17) is 5.11 Å². The third-order valence-electron chi connectivity index (χ3n) is 5.59. The lowest BCUT2D eigenvalue weighted by Crippen LogP contribution is -2.48. The van der Waals surface area contributed by atoms with E-state index in [2.05, 4.69) is 20.2 Å². The van der Waals surface area contributed by atoms with Crippen molar-refractivity contribution >= 4 is 17.7 Å². The first-order chi connectivity index (χ1) is 13.6. The lowest BCUT2D eigenvalue weighted by Gasteiger charge is -2.35. The van der Waals surface area contributed by atoms with E-state index in [1.54, 1.807) is 0 Å². The summed E-state index contributed by atoms with van der Waals surface area (Å²) in [7, 11) is 0. The molecule has 1 saturated heterocycles. The summed E-state index contributed by atoms with van der Waals surface area (Å²) >= 11 is 0. The van der Waals surface area contributed by atoms with Crippen molar-refractivity contribution in [2.45, 2.75) is 19.3 Å². The van der Waals surface area contributed by atoms with Gasteiger partial charge in [0, 0.05) is 45.1 Å². The maximum atomic E-state index is 13.0. The molecule has 1 fully saturated rings. The van der Waals surface area contributed by atoms with E-state index < -0.39 is 0 Å². The summed E-state index contributed by atoms with van der Waals surface area (Å²) in [6, 6.07) is 7.83. The van der Waals surface area contributed by atoms with Crippen molar-refractivity contribution in [2.24, 2.45) is 0 Å². The molecular formula is C20H25N5O3. The van der Waals surface area contributed by atoms with Gasteiger partial charge in [0.05, 0.1) is 12.2 Å². The number of nitrogens with zero attached hydrogens (tertiary/aromatic N) is 3. The topological polar surface area (TPSA) is 102 Å². The molecule has 3 N–H and O–H groups in total. The molecule has 2 aromatic rings. The molecule has 1 aromatic carbocycles. The number of H-pyrrole nitrogens is 1. The van der Waals surface area contributed by atoms with Gasteiger partial charge in [-0.05, 0) is 18.1 Å². The second kappa shape index (κ2) is 7.73. The standard InChI is InChI=1S/C20H25N5O3/c1-13-4-2-3-5-14(13)15-12-16(27)21-18-17(15)19(28)23-20(22-18)25-8-6-24(7-9-25)10-11-26/h2-5,15,26H,6-12H2,1H3,(H2,21,22,23,27,28). The summed E-state index contributed by atoms with van der Waals surface area (Å²) in [5, 5.41) is 11.9. The van der Waals surface area contributed by atoms with Gasteiger partial charge in [0.2, 0.25) is 11.9 Å². The first-order valence-electron chi connectivity index (χ1n) is 9.64. The molecule has 0 spiro atoms. The smallest absolute Gasteiger partial charge is 0.258 e. The molecule has 28 heavy (non-hydrogen) atoms. The largest absolute Gasteiger partial charge is 0.395 e. The predicted octanol–water partition coefficient (Wildman–Crippen LogP) is 0.667. The van der Waals surface area contributed by atoms with Crippen LogP contribution in [-0.4, -0.2) is 65.2 Å². The minimum absolute atomic E-state index is 0.127. The minimum Gasteiger partial charge on any atom is -0.395 e. The van der Waals surface area contributed by atoms with E-state index in [-0.39, 0.29) is 30.4 Å². The summed E-state index contributed by atoms with van der Waals surface area (Å²) in [6.45, 7) is 5.77. The highest BCUT2D eigenvalue weighted by atomic mass is 16.3. The molecule has 148 valence electrons. The molecule has 3 heterocycles. The molecule has 2 aliphatic rings. The second-order valence-electron chi connectivity index (χ2n) is 7.37. The van der Waals surface area contributed by atoms with Crippen LogP contribution in [0, 0.1) is 6.92 Å². The van der Waals surface area contributed by atoms with Crippen molar-refractivity contribution in [1.29, 1.82) is 0 Å². The summed E-state index contributed by atoms with van der Waals surface area (Å²) in [5.74, 6) is 0.424. The van der Waals surface area contributed by atoms with Crippen LogP contribution in [0.1, 0.15) is 29.0 Å². The van der Waals surface area contributed by atoms with Crippen molar-refractivity contribution < 1.29 is 9.90 Å². The average molecular weight is 383 g/mol. The van der Waals surface area contributed by atoms with Crippen molar-refractivity contribution in [1.82, 2.24) is 14.9 Å². The number of piperazine rings is 1. The van der Waals surface area contributed by atoms with Crippen LogP contribution in [0.25, 0.3) is 0 Å². The van der Waals surface area contributed by atoms with E-state index in [1.165, 1.54) is 0 Å². The van der Waals surface area contributed by atoms with E-state index in [0.29, 0.717) is 37.0 Å². The normalized spacial score (nSPS) is 20.0. The molecule has 0 aliphatic carbocycles. The van der Waals surface area contributed by atoms with Crippen LogP contribution in [0.3, 0.4) is 0 Å². The number of anilines is 2. The number of amides is 1. The lowest BCUT2D eigenvalue weighted by atomic mass is 9.84. The number of carbonyl (C=O) groups excluding carboxylic acids is 1. The van der Waals surface area contributed by atoms with E-state index >= 15 is 0 Å². The highest BCUT2D eigenvalue weighted by Gasteiger charge is 2.32. The van der Waals surface area contributed by atoms with Crippen LogP contribution in [-0.2, 0) is 4.79 Å². The van der Waals surface area contributed by atoms with Crippen molar-refractivity contribution in [3.63, 3.8) is 0 Å².